The Balaban J connectivity index is 2.56. The van der Waals surface area contributed by atoms with Crippen LogP contribution in [0.4, 0.5) is 0 Å². The van der Waals surface area contributed by atoms with Gasteiger partial charge in [0, 0.05) is 19.9 Å². The zero-order chi connectivity index (χ0) is 12.3. The summed E-state index contributed by atoms with van der Waals surface area (Å²) in [4.78, 5) is 24.1. The molecule has 0 bridgehead atoms. The van der Waals surface area contributed by atoms with Gasteiger partial charge in [-0.15, -0.1) is 0 Å². The van der Waals surface area contributed by atoms with Crippen LogP contribution in [0.15, 0.2) is 0 Å². The van der Waals surface area contributed by atoms with E-state index in [4.69, 9.17) is 9.84 Å². The fourth-order valence-corrected chi connectivity index (χ4v) is 1.68. The summed E-state index contributed by atoms with van der Waals surface area (Å²) in [5, 5.41) is 18.4. The lowest BCUT2D eigenvalue weighted by atomic mass is 10.2. The lowest BCUT2D eigenvalue weighted by molar-refractivity contribution is -0.155. The van der Waals surface area contributed by atoms with Crippen molar-refractivity contribution in [3.05, 3.63) is 0 Å². The van der Waals surface area contributed by atoms with Gasteiger partial charge in [0.15, 0.2) is 0 Å². The smallest absolute Gasteiger partial charge is 0.329 e. The van der Waals surface area contributed by atoms with Gasteiger partial charge >= 0.3 is 5.97 Å². The minimum Gasteiger partial charge on any atom is -0.461 e. The van der Waals surface area contributed by atoms with Gasteiger partial charge in [0.2, 0.25) is 5.91 Å². The molecule has 1 aliphatic rings. The average Bonchev–Trinajstić information content (AvgIpc) is 2.56. The summed E-state index contributed by atoms with van der Waals surface area (Å²) in [6, 6.07) is -0.730. The first kappa shape index (κ1) is 12.9. The summed E-state index contributed by atoms with van der Waals surface area (Å²) in [6.07, 6.45) is -1.23. The van der Waals surface area contributed by atoms with Crippen LogP contribution < -0.4 is 0 Å². The first-order valence-corrected chi connectivity index (χ1v) is 5.21. The van der Waals surface area contributed by atoms with E-state index in [0.29, 0.717) is 0 Å². The molecule has 1 saturated heterocycles. The molecule has 0 saturated carbocycles. The highest BCUT2D eigenvalue weighted by Crippen LogP contribution is 2.19. The molecule has 0 spiro atoms. The predicted molar refractivity (Wildman–Crippen MR) is 54.4 cm³/mol. The summed E-state index contributed by atoms with van der Waals surface area (Å²) < 4.78 is 4.82. The highest BCUT2D eigenvalue weighted by atomic mass is 16.5. The fourth-order valence-electron chi connectivity index (χ4n) is 1.68. The van der Waals surface area contributed by atoms with Crippen LogP contribution in [0.3, 0.4) is 0 Å². The quantitative estimate of drug-likeness (QED) is 0.601. The van der Waals surface area contributed by atoms with Crippen molar-refractivity contribution in [3.8, 4) is 0 Å². The summed E-state index contributed by atoms with van der Waals surface area (Å²) in [5.41, 5.74) is 0. The summed E-state index contributed by atoms with van der Waals surface area (Å²) in [5.74, 6) is -0.844. The number of carbonyl (C=O) groups excluding carboxylic acids is 2. The molecule has 6 heteroatoms. The molecule has 0 aromatic rings. The van der Waals surface area contributed by atoms with Crippen LogP contribution >= 0.6 is 0 Å². The number of carbonyl (C=O) groups is 2. The van der Waals surface area contributed by atoms with Gasteiger partial charge in [-0.2, -0.15) is 0 Å². The highest BCUT2D eigenvalue weighted by molar-refractivity contribution is 5.84. The maximum absolute atomic E-state index is 11.6. The molecule has 1 amide bonds. The van der Waals surface area contributed by atoms with Crippen molar-refractivity contribution in [2.24, 2.45) is 0 Å². The number of hydrogen-bond acceptors (Lipinski definition) is 5. The van der Waals surface area contributed by atoms with Crippen molar-refractivity contribution < 1.29 is 24.5 Å². The Labute approximate surface area is 93.8 Å². The van der Waals surface area contributed by atoms with Gasteiger partial charge in [-0.3, -0.25) is 4.79 Å². The molecule has 3 atom stereocenters. The second kappa shape index (κ2) is 5.27. The lowest BCUT2D eigenvalue weighted by Crippen LogP contribution is -2.40. The number of likely N-dealkylation sites (tertiary alicyclic amines) is 1. The molecule has 92 valence electrons. The van der Waals surface area contributed by atoms with Gasteiger partial charge in [0.05, 0.1) is 12.2 Å². The number of ether oxygens (including phenoxy) is 1. The Hall–Kier alpha value is -1.14. The van der Waals surface area contributed by atoms with Gasteiger partial charge in [0.1, 0.15) is 12.6 Å². The topological polar surface area (TPSA) is 87.1 Å². The second-order valence-corrected chi connectivity index (χ2v) is 4.06. The predicted octanol–water partition coefficient (Wildman–Crippen LogP) is -1.11. The minimum absolute atomic E-state index is 0.100. The van der Waals surface area contributed by atoms with Gasteiger partial charge in [-0.1, -0.05) is 0 Å². The largest absolute Gasteiger partial charge is 0.461 e. The van der Waals surface area contributed by atoms with Crippen LogP contribution in [0.5, 0.6) is 0 Å². The van der Waals surface area contributed by atoms with Crippen LogP contribution in [-0.4, -0.2) is 58.4 Å². The number of β-amino-alcohol motifs (C(OH)–C–C–N with tert-alkyl or cyclic N) is 1. The van der Waals surface area contributed by atoms with Crippen molar-refractivity contribution in [3.63, 3.8) is 0 Å². The van der Waals surface area contributed by atoms with Crippen molar-refractivity contribution >= 4 is 11.9 Å². The molecular formula is C10H17NO5. The Bertz CT molecular complexity index is 278. The van der Waals surface area contributed by atoms with Crippen molar-refractivity contribution in [1.82, 2.24) is 4.90 Å². The first-order valence-electron chi connectivity index (χ1n) is 5.21. The summed E-state index contributed by atoms with van der Waals surface area (Å²) in [7, 11) is 0. The maximum Gasteiger partial charge on any atom is 0.329 e. The molecule has 1 rings (SSSR count). The van der Waals surface area contributed by atoms with E-state index in [0.717, 1.165) is 0 Å². The third kappa shape index (κ3) is 3.18. The number of rotatable bonds is 3. The third-order valence-electron chi connectivity index (χ3n) is 2.42. The Morgan fingerprint density at radius 1 is 1.56 bits per heavy atom. The van der Waals surface area contributed by atoms with Gasteiger partial charge < -0.3 is 19.8 Å². The zero-order valence-corrected chi connectivity index (χ0v) is 9.42. The number of hydrogen-bond donors (Lipinski definition) is 2. The van der Waals surface area contributed by atoms with E-state index in [1.807, 2.05) is 0 Å². The number of aliphatic hydroxyl groups excluding tert-OH is 2. The SMILES string of the molecule is CC(=O)N1C[C@H](O)C[C@H]1C(=O)OCC(C)O. The van der Waals surface area contributed by atoms with E-state index in [-0.39, 0.29) is 25.5 Å². The average molecular weight is 231 g/mol. The number of aliphatic hydroxyl groups is 2. The maximum atomic E-state index is 11.6. The molecular weight excluding hydrogens is 214 g/mol. The van der Waals surface area contributed by atoms with E-state index in [1.165, 1.54) is 18.7 Å². The van der Waals surface area contributed by atoms with Crippen molar-refractivity contribution in [2.75, 3.05) is 13.2 Å². The standard InChI is InChI=1S/C10H17NO5/c1-6(12)5-16-10(15)9-3-8(14)4-11(9)7(2)13/h6,8-9,12,14H,3-5H2,1-2H3/t6?,8-,9+/m1/s1. The molecule has 0 radical (unpaired) electrons. The third-order valence-corrected chi connectivity index (χ3v) is 2.42. The molecule has 0 aliphatic carbocycles. The molecule has 1 unspecified atom stereocenters. The molecule has 1 heterocycles. The first-order chi connectivity index (χ1) is 7.41. The Morgan fingerprint density at radius 2 is 2.19 bits per heavy atom. The van der Waals surface area contributed by atoms with Crippen LogP contribution in [-0.2, 0) is 14.3 Å². The number of nitrogens with zero attached hydrogens (tertiary/aromatic N) is 1. The molecule has 0 aromatic heterocycles. The van der Waals surface area contributed by atoms with Crippen molar-refractivity contribution in [1.29, 1.82) is 0 Å². The van der Waals surface area contributed by atoms with E-state index in [2.05, 4.69) is 0 Å². The fraction of sp³-hybridized carbons (Fsp3) is 0.800. The normalized spacial score (nSPS) is 26.6. The monoisotopic (exact) mass is 231 g/mol. The van der Waals surface area contributed by atoms with Crippen LogP contribution in [0, 0.1) is 0 Å². The van der Waals surface area contributed by atoms with Gasteiger partial charge in [-0.25, -0.2) is 4.79 Å². The Morgan fingerprint density at radius 3 is 2.69 bits per heavy atom. The van der Waals surface area contributed by atoms with Crippen LogP contribution in [0.25, 0.3) is 0 Å². The molecule has 1 aliphatic heterocycles. The number of amides is 1. The van der Waals surface area contributed by atoms with E-state index in [1.54, 1.807) is 0 Å². The Kier molecular flexibility index (Phi) is 4.26. The zero-order valence-electron chi connectivity index (χ0n) is 9.42. The lowest BCUT2D eigenvalue weighted by Gasteiger charge is -2.21. The van der Waals surface area contributed by atoms with Crippen LogP contribution in [0.1, 0.15) is 20.3 Å². The second-order valence-electron chi connectivity index (χ2n) is 4.06. The summed E-state index contributed by atoms with van der Waals surface area (Å²) >= 11 is 0. The minimum atomic E-state index is -0.735. The van der Waals surface area contributed by atoms with Gasteiger partial charge in [-0.05, 0) is 6.92 Å². The summed E-state index contributed by atoms with van der Waals surface area (Å²) in [6.45, 7) is 2.90. The van der Waals surface area contributed by atoms with E-state index < -0.39 is 24.2 Å². The molecule has 16 heavy (non-hydrogen) atoms. The van der Waals surface area contributed by atoms with E-state index in [9.17, 15) is 14.7 Å². The molecule has 1 fully saturated rings. The highest BCUT2D eigenvalue weighted by Gasteiger charge is 2.38. The molecule has 2 N–H and O–H groups in total. The van der Waals surface area contributed by atoms with Gasteiger partial charge in [0.25, 0.3) is 0 Å². The molecule has 0 aromatic carbocycles. The molecule has 6 nitrogen and oxygen atoms in total. The number of esters is 1. The van der Waals surface area contributed by atoms with Crippen LogP contribution in [0.2, 0.25) is 0 Å². The van der Waals surface area contributed by atoms with Crippen molar-refractivity contribution in [2.45, 2.75) is 38.5 Å². The van der Waals surface area contributed by atoms with E-state index >= 15 is 0 Å².